The van der Waals surface area contributed by atoms with Gasteiger partial charge in [0, 0.05) is 26.3 Å². The Bertz CT molecular complexity index is 426. The number of aryl methyl sites for hydroxylation is 1. The average Bonchev–Trinajstić information content (AvgIpc) is 2.69. The number of carbonyl (C=O) groups is 1. The molecule has 6 heteroatoms. The van der Waals surface area contributed by atoms with Gasteiger partial charge in [-0.1, -0.05) is 11.6 Å². The largest absolute Gasteiger partial charge is 0.345 e. The molecule has 1 aliphatic heterocycles. The number of likely N-dealkylation sites (tertiary alicyclic amines) is 1. The summed E-state index contributed by atoms with van der Waals surface area (Å²) in [6.45, 7) is 2.72. The first kappa shape index (κ1) is 16.3. The lowest BCUT2D eigenvalue weighted by Gasteiger charge is -2.32. The lowest BCUT2D eigenvalue weighted by molar-refractivity contribution is 0.0681. The normalized spacial score (nSPS) is 16.3. The Morgan fingerprint density at radius 2 is 2.11 bits per heavy atom. The summed E-state index contributed by atoms with van der Waals surface area (Å²) in [5, 5.41) is 3.82. The number of piperidine rings is 1. The number of hydrogen-bond acceptors (Lipinski definition) is 2. The summed E-state index contributed by atoms with van der Waals surface area (Å²) in [6.07, 6.45) is 3.91. The Balaban J connectivity index is 0.00000180. The fourth-order valence-corrected chi connectivity index (χ4v) is 2.78. The molecule has 0 unspecified atom stereocenters. The number of carbonyl (C=O) groups excluding carboxylic acids is 1. The second-order valence-electron chi connectivity index (χ2n) is 4.95. The van der Waals surface area contributed by atoms with Crippen LogP contribution >= 0.6 is 24.0 Å². The fourth-order valence-electron chi connectivity index (χ4n) is 2.53. The number of amides is 1. The first-order chi connectivity index (χ1) is 8.61. The van der Waals surface area contributed by atoms with Crippen molar-refractivity contribution in [1.29, 1.82) is 0 Å². The van der Waals surface area contributed by atoms with E-state index in [2.05, 4.69) is 5.32 Å². The van der Waals surface area contributed by atoms with Crippen LogP contribution in [0.15, 0.2) is 12.3 Å². The second-order valence-corrected chi connectivity index (χ2v) is 5.38. The highest BCUT2D eigenvalue weighted by Gasteiger charge is 2.24. The predicted octanol–water partition coefficient (Wildman–Crippen LogP) is 2.17. The summed E-state index contributed by atoms with van der Waals surface area (Å²) in [5.74, 6) is 0.781. The van der Waals surface area contributed by atoms with Crippen LogP contribution in [0.2, 0.25) is 5.02 Å². The van der Waals surface area contributed by atoms with Crippen molar-refractivity contribution in [2.24, 2.45) is 13.0 Å². The lowest BCUT2D eigenvalue weighted by atomic mass is 9.96. The predicted molar refractivity (Wildman–Crippen MR) is 80.2 cm³/mol. The third kappa shape index (κ3) is 3.88. The maximum atomic E-state index is 12.3. The molecule has 1 aromatic rings. The van der Waals surface area contributed by atoms with Crippen molar-refractivity contribution in [1.82, 2.24) is 14.8 Å². The first-order valence-corrected chi connectivity index (χ1v) is 6.75. The smallest absolute Gasteiger partial charge is 0.270 e. The van der Waals surface area contributed by atoms with Crippen molar-refractivity contribution < 1.29 is 4.79 Å². The van der Waals surface area contributed by atoms with Gasteiger partial charge in [-0.25, -0.2) is 0 Å². The third-order valence-corrected chi connectivity index (χ3v) is 3.79. The molecule has 4 nitrogen and oxygen atoms in total. The zero-order chi connectivity index (χ0) is 13.1. The van der Waals surface area contributed by atoms with E-state index in [9.17, 15) is 4.79 Å². The molecular formula is C13H21Cl2N3O. The van der Waals surface area contributed by atoms with Gasteiger partial charge in [0.1, 0.15) is 5.69 Å². The summed E-state index contributed by atoms with van der Waals surface area (Å²) in [6, 6.07) is 1.74. The van der Waals surface area contributed by atoms with Crippen LogP contribution in [-0.4, -0.2) is 42.1 Å². The molecule has 0 radical (unpaired) electrons. The standard InChI is InChI=1S/C13H20ClN3O.ClH/c1-15-8-10-3-5-17(6-4-10)13(18)12-7-11(14)9-16(12)2;/h7,9-10,15H,3-6,8H2,1-2H3;1H. The molecule has 1 fully saturated rings. The van der Waals surface area contributed by atoms with E-state index in [1.54, 1.807) is 16.8 Å². The number of aromatic nitrogens is 1. The van der Waals surface area contributed by atoms with Crippen LogP contribution in [0.5, 0.6) is 0 Å². The maximum absolute atomic E-state index is 12.3. The van der Waals surface area contributed by atoms with E-state index >= 15 is 0 Å². The molecule has 1 amide bonds. The van der Waals surface area contributed by atoms with E-state index in [4.69, 9.17) is 11.6 Å². The topological polar surface area (TPSA) is 37.3 Å². The number of nitrogens with one attached hydrogen (secondary N) is 1. The van der Waals surface area contributed by atoms with Crippen molar-refractivity contribution in [3.8, 4) is 0 Å². The van der Waals surface area contributed by atoms with E-state index in [1.807, 2.05) is 19.0 Å². The van der Waals surface area contributed by atoms with E-state index in [-0.39, 0.29) is 18.3 Å². The van der Waals surface area contributed by atoms with Gasteiger partial charge >= 0.3 is 0 Å². The van der Waals surface area contributed by atoms with Gasteiger partial charge in [-0.05, 0) is 38.4 Å². The Labute approximate surface area is 125 Å². The summed E-state index contributed by atoms with van der Waals surface area (Å²) < 4.78 is 1.80. The molecule has 1 saturated heterocycles. The quantitative estimate of drug-likeness (QED) is 0.929. The van der Waals surface area contributed by atoms with Gasteiger partial charge in [-0.15, -0.1) is 12.4 Å². The Kier molecular flexibility index (Phi) is 6.17. The van der Waals surface area contributed by atoms with Crippen molar-refractivity contribution >= 4 is 29.9 Å². The lowest BCUT2D eigenvalue weighted by Crippen LogP contribution is -2.41. The van der Waals surface area contributed by atoms with E-state index < -0.39 is 0 Å². The number of hydrogen-bond donors (Lipinski definition) is 1. The van der Waals surface area contributed by atoms with E-state index in [1.165, 1.54) is 0 Å². The second kappa shape index (κ2) is 7.17. The minimum absolute atomic E-state index is 0. The molecule has 2 rings (SSSR count). The summed E-state index contributed by atoms with van der Waals surface area (Å²) >= 11 is 5.91. The highest BCUT2D eigenvalue weighted by molar-refractivity contribution is 6.31. The van der Waals surface area contributed by atoms with Crippen LogP contribution in [0.4, 0.5) is 0 Å². The molecule has 0 aliphatic carbocycles. The molecule has 0 spiro atoms. The number of rotatable bonds is 3. The summed E-state index contributed by atoms with van der Waals surface area (Å²) in [7, 11) is 3.83. The Morgan fingerprint density at radius 1 is 1.47 bits per heavy atom. The van der Waals surface area contributed by atoms with Gasteiger partial charge in [0.25, 0.3) is 5.91 Å². The molecule has 0 atom stereocenters. The van der Waals surface area contributed by atoms with Crippen molar-refractivity contribution in [3.05, 3.63) is 23.0 Å². The molecular weight excluding hydrogens is 285 g/mol. The molecule has 1 N–H and O–H groups in total. The molecule has 2 heterocycles. The zero-order valence-corrected chi connectivity index (χ0v) is 12.9. The van der Waals surface area contributed by atoms with Crippen LogP contribution in [0.3, 0.4) is 0 Å². The molecule has 0 aromatic carbocycles. The monoisotopic (exact) mass is 305 g/mol. The van der Waals surface area contributed by atoms with Crippen LogP contribution in [0.25, 0.3) is 0 Å². The maximum Gasteiger partial charge on any atom is 0.270 e. The van der Waals surface area contributed by atoms with Crippen LogP contribution in [0.1, 0.15) is 23.3 Å². The van der Waals surface area contributed by atoms with E-state index in [0.717, 1.165) is 32.5 Å². The molecule has 1 aliphatic rings. The molecule has 19 heavy (non-hydrogen) atoms. The molecule has 0 saturated carbocycles. The SMILES string of the molecule is CNCC1CCN(C(=O)c2cc(Cl)cn2C)CC1.Cl. The van der Waals surface area contributed by atoms with Gasteiger partial charge in [0.15, 0.2) is 0 Å². The summed E-state index contributed by atoms with van der Waals surface area (Å²) in [5.41, 5.74) is 0.673. The van der Waals surface area contributed by atoms with E-state index in [0.29, 0.717) is 16.6 Å². The highest BCUT2D eigenvalue weighted by atomic mass is 35.5. The summed E-state index contributed by atoms with van der Waals surface area (Å²) in [4.78, 5) is 14.3. The van der Waals surface area contributed by atoms with Crippen LogP contribution < -0.4 is 5.32 Å². The Morgan fingerprint density at radius 3 is 2.58 bits per heavy atom. The van der Waals surface area contributed by atoms with Crippen LogP contribution in [0, 0.1) is 5.92 Å². The minimum Gasteiger partial charge on any atom is -0.345 e. The van der Waals surface area contributed by atoms with Crippen molar-refractivity contribution in [3.63, 3.8) is 0 Å². The van der Waals surface area contributed by atoms with Gasteiger partial charge in [-0.2, -0.15) is 0 Å². The van der Waals surface area contributed by atoms with Gasteiger partial charge in [-0.3, -0.25) is 4.79 Å². The fraction of sp³-hybridized carbons (Fsp3) is 0.615. The zero-order valence-electron chi connectivity index (χ0n) is 11.4. The Hall–Kier alpha value is -0.710. The van der Waals surface area contributed by atoms with Crippen molar-refractivity contribution in [2.45, 2.75) is 12.8 Å². The number of halogens is 2. The van der Waals surface area contributed by atoms with Gasteiger partial charge in [0.2, 0.25) is 0 Å². The third-order valence-electron chi connectivity index (χ3n) is 3.59. The highest BCUT2D eigenvalue weighted by Crippen LogP contribution is 2.20. The minimum atomic E-state index is 0. The average molecular weight is 306 g/mol. The van der Waals surface area contributed by atoms with Gasteiger partial charge < -0.3 is 14.8 Å². The molecule has 0 bridgehead atoms. The van der Waals surface area contributed by atoms with Gasteiger partial charge in [0.05, 0.1) is 5.02 Å². The van der Waals surface area contributed by atoms with Crippen LogP contribution in [-0.2, 0) is 7.05 Å². The molecule has 1 aromatic heterocycles. The molecule has 108 valence electrons. The van der Waals surface area contributed by atoms with Crippen molar-refractivity contribution in [2.75, 3.05) is 26.7 Å². The first-order valence-electron chi connectivity index (χ1n) is 6.37. The number of nitrogens with zero attached hydrogens (tertiary/aromatic N) is 2.